The number of nitrogens with one attached hydrogen (secondary N) is 2. The van der Waals surface area contributed by atoms with Crippen LogP contribution in [0.25, 0.3) is 0 Å². The first-order valence-corrected chi connectivity index (χ1v) is 5.93. The number of nitrogens with zero attached hydrogens (tertiary/aromatic N) is 2. The van der Waals surface area contributed by atoms with Crippen molar-refractivity contribution in [1.29, 1.82) is 0 Å². The Morgan fingerprint density at radius 2 is 2.38 bits per heavy atom. The number of likely N-dealkylation sites (tertiary alicyclic amines) is 1. The lowest BCUT2D eigenvalue weighted by atomic mass is 10.1. The molecule has 4 heteroatoms. The molecule has 88 valence electrons. The summed E-state index contributed by atoms with van der Waals surface area (Å²) >= 11 is 0. The van der Waals surface area contributed by atoms with Crippen molar-refractivity contribution in [3.8, 4) is 0 Å². The highest BCUT2D eigenvalue weighted by atomic mass is 15.1. The average Bonchev–Trinajstić information content (AvgIpc) is 2.82. The van der Waals surface area contributed by atoms with Gasteiger partial charge in [-0.1, -0.05) is 6.08 Å². The van der Waals surface area contributed by atoms with Gasteiger partial charge in [0.15, 0.2) is 0 Å². The summed E-state index contributed by atoms with van der Waals surface area (Å²) < 4.78 is 0. The molecule has 0 radical (unpaired) electrons. The molecule has 2 N–H and O–H groups in total. The van der Waals surface area contributed by atoms with Gasteiger partial charge in [0.05, 0.1) is 0 Å². The molecule has 16 heavy (non-hydrogen) atoms. The Morgan fingerprint density at radius 1 is 1.56 bits per heavy atom. The van der Waals surface area contributed by atoms with Gasteiger partial charge in [0.1, 0.15) is 0 Å². The van der Waals surface area contributed by atoms with Gasteiger partial charge < -0.3 is 5.32 Å². The smallest absolute Gasteiger partial charge is 0.0490 e. The summed E-state index contributed by atoms with van der Waals surface area (Å²) in [5, 5.41) is 10.5. The maximum absolute atomic E-state index is 3.94. The Balaban J connectivity index is 1.67. The Morgan fingerprint density at radius 3 is 3.00 bits per heavy atom. The molecular formula is C12H20N4. The van der Waals surface area contributed by atoms with Gasteiger partial charge >= 0.3 is 0 Å². The Hall–Kier alpha value is -1.13. The van der Waals surface area contributed by atoms with Crippen molar-refractivity contribution >= 4 is 0 Å². The van der Waals surface area contributed by atoms with Crippen LogP contribution in [0.5, 0.6) is 0 Å². The molecule has 2 heterocycles. The quantitative estimate of drug-likeness (QED) is 0.732. The number of H-pyrrole nitrogens is 1. The predicted octanol–water partition coefficient (Wildman–Crippen LogP) is 1.15. The molecule has 1 aromatic heterocycles. The van der Waals surface area contributed by atoms with Crippen LogP contribution in [-0.2, 0) is 6.54 Å². The molecule has 1 aliphatic heterocycles. The van der Waals surface area contributed by atoms with E-state index in [0.29, 0.717) is 6.04 Å². The SMILES string of the molecule is C=CCN1CCC(NCc2ccn[nH]2)CC1. The number of aromatic nitrogens is 2. The number of hydrogen-bond acceptors (Lipinski definition) is 3. The zero-order valence-electron chi connectivity index (χ0n) is 9.65. The zero-order chi connectivity index (χ0) is 11.2. The lowest BCUT2D eigenvalue weighted by Gasteiger charge is -2.31. The maximum Gasteiger partial charge on any atom is 0.0490 e. The molecule has 0 aromatic carbocycles. The van der Waals surface area contributed by atoms with Gasteiger partial charge in [0.2, 0.25) is 0 Å². The summed E-state index contributed by atoms with van der Waals surface area (Å²) in [6.07, 6.45) is 6.23. The number of aromatic amines is 1. The number of hydrogen-bond donors (Lipinski definition) is 2. The molecule has 1 saturated heterocycles. The first-order chi connectivity index (χ1) is 7.88. The van der Waals surface area contributed by atoms with Crippen molar-refractivity contribution in [2.45, 2.75) is 25.4 Å². The Bertz CT molecular complexity index is 299. The van der Waals surface area contributed by atoms with Crippen molar-refractivity contribution < 1.29 is 0 Å². The summed E-state index contributed by atoms with van der Waals surface area (Å²) in [5.41, 5.74) is 1.16. The third kappa shape index (κ3) is 3.18. The molecule has 1 fully saturated rings. The molecule has 2 rings (SSSR count). The fourth-order valence-electron chi connectivity index (χ4n) is 2.14. The van der Waals surface area contributed by atoms with E-state index in [4.69, 9.17) is 0 Å². The third-order valence-electron chi connectivity index (χ3n) is 3.11. The van der Waals surface area contributed by atoms with E-state index in [0.717, 1.165) is 18.8 Å². The summed E-state index contributed by atoms with van der Waals surface area (Å²) in [6, 6.07) is 2.66. The van der Waals surface area contributed by atoms with Gasteiger partial charge in [-0.25, -0.2) is 0 Å². The van der Waals surface area contributed by atoms with E-state index in [9.17, 15) is 0 Å². The van der Waals surface area contributed by atoms with E-state index in [2.05, 4.69) is 27.0 Å². The van der Waals surface area contributed by atoms with Gasteiger partial charge in [-0.05, 0) is 32.0 Å². The minimum Gasteiger partial charge on any atom is -0.308 e. The van der Waals surface area contributed by atoms with Crippen LogP contribution in [0.4, 0.5) is 0 Å². The Labute approximate surface area is 96.7 Å². The van der Waals surface area contributed by atoms with E-state index in [1.165, 1.54) is 25.9 Å². The minimum absolute atomic E-state index is 0.643. The van der Waals surface area contributed by atoms with E-state index >= 15 is 0 Å². The van der Waals surface area contributed by atoms with Gasteiger partial charge in [-0.3, -0.25) is 10.00 Å². The maximum atomic E-state index is 3.94. The van der Waals surface area contributed by atoms with Crippen LogP contribution >= 0.6 is 0 Å². The van der Waals surface area contributed by atoms with Crippen molar-refractivity contribution in [2.24, 2.45) is 0 Å². The molecule has 1 aliphatic rings. The average molecular weight is 220 g/mol. The number of piperidine rings is 1. The van der Waals surface area contributed by atoms with Gasteiger partial charge in [-0.2, -0.15) is 5.10 Å². The van der Waals surface area contributed by atoms with Gasteiger partial charge in [0.25, 0.3) is 0 Å². The fourth-order valence-corrected chi connectivity index (χ4v) is 2.14. The van der Waals surface area contributed by atoms with Crippen LogP contribution in [0.2, 0.25) is 0 Å². The highest BCUT2D eigenvalue weighted by molar-refractivity contribution is 4.97. The standard InChI is InChI=1S/C12H20N4/c1-2-7-16-8-4-11(5-9-16)13-10-12-3-6-14-15-12/h2-3,6,11,13H,1,4-5,7-10H2,(H,14,15). The third-order valence-corrected chi connectivity index (χ3v) is 3.11. The summed E-state index contributed by atoms with van der Waals surface area (Å²) in [7, 11) is 0. The molecule has 0 saturated carbocycles. The second-order valence-corrected chi connectivity index (χ2v) is 4.33. The van der Waals surface area contributed by atoms with Crippen LogP contribution in [0, 0.1) is 0 Å². The topological polar surface area (TPSA) is 44.0 Å². The second-order valence-electron chi connectivity index (χ2n) is 4.33. The molecule has 0 amide bonds. The molecule has 0 spiro atoms. The van der Waals surface area contributed by atoms with Gasteiger partial charge in [-0.15, -0.1) is 6.58 Å². The van der Waals surface area contributed by atoms with Crippen molar-refractivity contribution in [3.63, 3.8) is 0 Å². The molecule has 0 atom stereocenters. The van der Waals surface area contributed by atoms with Crippen molar-refractivity contribution in [1.82, 2.24) is 20.4 Å². The van der Waals surface area contributed by atoms with E-state index in [1.807, 2.05) is 12.1 Å². The van der Waals surface area contributed by atoms with E-state index in [-0.39, 0.29) is 0 Å². The fraction of sp³-hybridized carbons (Fsp3) is 0.583. The Kier molecular flexibility index (Phi) is 4.13. The molecule has 0 bridgehead atoms. The predicted molar refractivity (Wildman–Crippen MR) is 65.1 cm³/mol. The second kappa shape index (κ2) is 5.82. The van der Waals surface area contributed by atoms with Crippen LogP contribution < -0.4 is 5.32 Å². The van der Waals surface area contributed by atoms with Crippen LogP contribution in [0.15, 0.2) is 24.9 Å². The molecule has 0 unspecified atom stereocenters. The first kappa shape index (κ1) is 11.4. The van der Waals surface area contributed by atoms with E-state index < -0.39 is 0 Å². The highest BCUT2D eigenvalue weighted by Crippen LogP contribution is 2.10. The molecule has 4 nitrogen and oxygen atoms in total. The lowest BCUT2D eigenvalue weighted by Crippen LogP contribution is -2.42. The van der Waals surface area contributed by atoms with E-state index in [1.54, 1.807) is 6.20 Å². The van der Waals surface area contributed by atoms with Crippen molar-refractivity contribution in [3.05, 3.63) is 30.6 Å². The summed E-state index contributed by atoms with van der Waals surface area (Å²) in [6.45, 7) is 8.04. The van der Waals surface area contributed by atoms with Crippen LogP contribution in [-0.4, -0.2) is 40.8 Å². The minimum atomic E-state index is 0.643. The number of rotatable bonds is 5. The van der Waals surface area contributed by atoms with Crippen LogP contribution in [0.3, 0.4) is 0 Å². The summed E-state index contributed by atoms with van der Waals surface area (Å²) in [5.74, 6) is 0. The summed E-state index contributed by atoms with van der Waals surface area (Å²) in [4.78, 5) is 2.45. The molecule has 1 aromatic rings. The van der Waals surface area contributed by atoms with Gasteiger partial charge in [0, 0.05) is 31.0 Å². The lowest BCUT2D eigenvalue weighted by molar-refractivity contribution is 0.214. The monoisotopic (exact) mass is 220 g/mol. The zero-order valence-corrected chi connectivity index (χ0v) is 9.65. The largest absolute Gasteiger partial charge is 0.308 e. The van der Waals surface area contributed by atoms with Crippen LogP contribution in [0.1, 0.15) is 18.5 Å². The molecular weight excluding hydrogens is 200 g/mol. The molecule has 0 aliphatic carbocycles. The highest BCUT2D eigenvalue weighted by Gasteiger charge is 2.17. The normalized spacial score (nSPS) is 18.8. The first-order valence-electron chi connectivity index (χ1n) is 5.93. The van der Waals surface area contributed by atoms with Crippen molar-refractivity contribution in [2.75, 3.05) is 19.6 Å².